The van der Waals surface area contributed by atoms with Gasteiger partial charge in [0.25, 0.3) is 5.69 Å². The summed E-state index contributed by atoms with van der Waals surface area (Å²) < 4.78 is 22.9. The maximum atomic E-state index is 12.3. The van der Waals surface area contributed by atoms with Crippen LogP contribution in [-0.2, 0) is 9.09 Å². The first kappa shape index (κ1) is 15.7. The molecule has 0 heterocycles. The molecule has 1 atom stereocenters. The van der Waals surface area contributed by atoms with Crippen LogP contribution in [-0.4, -0.2) is 17.7 Å². The van der Waals surface area contributed by atoms with E-state index in [4.69, 9.17) is 9.05 Å². The van der Waals surface area contributed by atoms with E-state index in [9.17, 15) is 14.7 Å². The molecule has 0 aliphatic heterocycles. The molecule has 1 rings (SSSR count). The van der Waals surface area contributed by atoms with Crippen LogP contribution in [0.4, 0.5) is 5.69 Å². The molecule has 0 aliphatic carbocycles. The molecule has 0 spiro atoms. The molecule has 0 bridgehead atoms. The number of benzene rings is 1. The van der Waals surface area contributed by atoms with Gasteiger partial charge in [-0.05, 0) is 18.6 Å². The average molecular weight is 287 g/mol. The minimum atomic E-state index is -3.16. The lowest BCUT2D eigenvalue weighted by Crippen LogP contribution is -2.02. The van der Waals surface area contributed by atoms with Crippen LogP contribution in [0.25, 0.3) is 0 Å². The highest BCUT2D eigenvalue weighted by atomic mass is 31.2. The van der Waals surface area contributed by atoms with Crippen molar-refractivity contribution in [3.8, 4) is 5.75 Å². The van der Waals surface area contributed by atoms with Gasteiger partial charge in [-0.25, -0.2) is 4.57 Å². The Bertz CT molecular complexity index is 460. The number of rotatable bonds is 8. The summed E-state index contributed by atoms with van der Waals surface area (Å²) in [4.78, 5) is 10.0. The van der Waals surface area contributed by atoms with Crippen molar-refractivity contribution >= 4 is 13.3 Å². The number of nitrogens with zero attached hydrogens (tertiary/aromatic N) is 1. The Morgan fingerprint density at radius 2 is 1.89 bits per heavy atom. The van der Waals surface area contributed by atoms with E-state index in [0.29, 0.717) is 12.4 Å². The zero-order chi connectivity index (χ0) is 14.3. The Morgan fingerprint density at radius 3 is 2.37 bits per heavy atom. The summed E-state index contributed by atoms with van der Waals surface area (Å²) in [5.74, 6) is 0.312. The van der Waals surface area contributed by atoms with E-state index < -0.39 is 12.5 Å². The second-order valence-electron chi connectivity index (χ2n) is 3.96. The van der Waals surface area contributed by atoms with Crippen molar-refractivity contribution in [1.29, 1.82) is 0 Å². The summed E-state index contributed by atoms with van der Waals surface area (Å²) in [6.07, 6.45) is 2.02. The lowest BCUT2D eigenvalue weighted by molar-refractivity contribution is -0.384. The molecular formula is C12H18NO5P. The van der Waals surface area contributed by atoms with Crippen LogP contribution < -0.4 is 4.52 Å². The van der Waals surface area contributed by atoms with Crippen LogP contribution in [0.1, 0.15) is 26.7 Å². The van der Waals surface area contributed by atoms with Crippen LogP contribution in [0.5, 0.6) is 5.75 Å². The van der Waals surface area contributed by atoms with Gasteiger partial charge in [0.2, 0.25) is 0 Å². The smallest absolute Gasteiger partial charge is 0.378 e. The van der Waals surface area contributed by atoms with Gasteiger partial charge in [-0.3, -0.25) is 14.6 Å². The van der Waals surface area contributed by atoms with Crippen LogP contribution in [0, 0.1) is 10.1 Å². The van der Waals surface area contributed by atoms with Gasteiger partial charge in [-0.1, -0.05) is 20.3 Å². The van der Waals surface area contributed by atoms with Crippen molar-refractivity contribution in [2.75, 3.05) is 12.8 Å². The standard InChI is InChI=1S/C12H18NO5P/c1-3-5-10-17-19(16,4-2)18-12-8-6-11(7-9-12)13(14)15/h6-9H,3-5,10H2,1-2H3. The van der Waals surface area contributed by atoms with Crippen molar-refractivity contribution in [2.45, 2.75) is 26.7 Å². The monoisotopic (exact) mass is 287 g/mol. The van der Waals surface area contributed by atoms with E-state index in [0.717, 1.165) is 12.8 Å². The van der Waals surface area contributed by atoms with Crippen LogP contribution in [0.2, 0.25) is 0 Å². The van der Waals surface area contributed by atoms with E-state index >= 15 is 0 Å². The molecule has 0 amide bonds. The summed E-state index contributed by atoms with van der Waals surface area (Å²) in [5.41, 5.74) is -0.0365. The maximum Gasteiger partial charge on any atom is 0.378 e. The number of unbranched alkanes of at least 4 members (excludes halogenated alkanes) is 1. The molecule has 7 heteroatoms. The summed E-state index contributed by atoms with van der Waals surface area (Å²) in [6.45, 7) is 4.12. The molecule has 1 unspecified atom stereocenters. The summed E-state index contributed by atoms with van der Waals surface area (Å²) in [7, 11) is -3.16. The normalized spacial score (nSPS) is 13.8. The fourth-order valence-corrected chi connectivity index (χ4v) is 2.53. The predicted octanol–water partition coefficient (Wildman–Crippen LogP) is 4.00. The minimum absolute atomic E-state index is 0.0365. The third-order valence-electron chi connectivity index (χ3n) is 2.47. The van der Waals surface area contributed by atoms with Gasteiger partial charge < -0.3 is 4.52 Å². The molecule has 106 valence electrons. The van der Waals surface area contributed by atoms with E-state index in [1.807, 2.05) is 6.92 Å². The first-order valence-corrected chi connectivity index (χ1v) is 7.91. The first-order chi connectivity index (χ1) is 9.00. The van der Waals surface area contributed by atoms with Crippen LogP contribution in [0.15, 0.2) is 24.3 Å². The van der Waals surface area contributed by atoms with E-state index in [1.165, 1.54) is 24.3 Å². The van der Waals surface area contributed by atoms with Crippen molar-refractivity contribution in [3.05, 3.63) is 34.4 Å². The van der Waals surface area contributed by atoms with Gasteiger partial charge in [0.05, 0.1) is 17.7 Å². The zero-order valence-electron chi connectivity index (χ0n) is 11.1. The fraction of sp³-hybridized carbons (Fsp3) is 0.500. The average Bonchev–Trinajstić information content (AvgIpc) is 2.39. The molecule has 0 saturated heterocycles. The van der Waals surface area contributed by atoms with Crippen LogP contribution >= 0.6 is 7.60 Å². The molecular weight excluding hydrogens is 269 g/mol. The lowest BCUT2D eigenvalue weighted by atomic mass is 10.3. The van der Waals surface area contributed by atoms with Gasteiger partial charge in [0.15, 0.2) is 0 Å². The number of nitro groups is 1. The minimum Gasteiger partial charge on any atom is -0.424 e. The number of hydrogen-bond donors (Lipinski definition) is 0. The molecule has 0 fully saturated rings. The highest BCUT2D eigenvalue weighted by molar-refractivity contribution is 7.54. The Balaban J connectivity index is 2.69. The molecule has 1 aromatic rings. The Morgan fingerprint density at radius 1 is 1.26 bits per heavy atom. The molecule has 6 nitrogen and oxygen atoms in total. The molecule has 19 heavy (non-hydrogen) atoms. The number of non-ortho nitro benzene ring substituents is 1. The number of nitro benzene ring substituents is 1. The quantitative estimate of drug-likeness (QED) is 0.312. The largest absolute Gasteiger partial charge is 0.424 e. The lowest BCUT2D eigenvalue weighted by Gasteiger charge is -2.17. The van der Waals surface area contributed by atoms with Gasteiger partial charge in [0, 0.05) is 12.1 Å². The maximum absolute atomic E-state index is 12.3. The summed E-state index contributed by atoms with van der Waals surface area (Å²) in [6, 6.07) is 5.45. The summed E-state index contributed by atoms with van der Waals surface area (Å²) in [5, 5.41) is 10.5. The molecule has 0 radical (unpaired) electrons. The Kier molecular flexibility index (Phi) is 5.99. The third-order valence-corrected chi connectivity index (χ3v) is 4.30. The molecule has 1 aromatic carbocycles. The zero-order valence-corrected chi connectivity index (χ0v) is 12.0. The van der Waals surface area contributed by atoms with Gasteiger partial charge in [-0.15, -0.1) is 0 Å². The fourth-order valence-electron chi connectivity index (χ4n) is 1.32. The Labute approximate surface area is 112 Å². The van der Waals surface area contributed by atoms with Gasteiger partial charge in [0.1, 0.15) is 5.75 Å². The SMILES string of the molecule is CCCCOP(=O)(CC)Oc1ccc([N+](=O)[O-])cc1. The summed E-state index contributed by atoms with van der Waals surface area (Å²) >= 11 is 0. The second-order valence-corrected chi connectivity index (χ2v) is 6.25. The van der Waals surface area contributed by atoms with Crippen molar-refractivity contribution < 1.29 is 18.5 Å². The van der Waals surface area contributed by atoms with Crippen molar-refractivity contribution in [2.24, 2.45) is 0 Å². The molecule has 0 aliphatic rings. The van der Waals surface area contributed by atoms with Crippen molar-refractivity contribution in [3.63, 3.8) is 0 Å². The van der Waals surface area contributed by atoms with Gasteiger partial charge >= 0.3 is 7.60 Å². The van der Waals surface area contributed by atoms with E-state index in [1.54, 1.807) is 6.92 Å². The van der Waals surface area contributed by atoms with E-state index in [2.05, 4.69) is 0 Å². The van der Waals surface area contributed by atoms with E-state index in [-0.39, 0.29) is 11.8 Å². The first-order valence-electron chi connectivity index (χ1n) is 6.18. The number of hydrogen-bond acceptors (Lipinski definition) is 5. The molecule has 0 aromatic heterocycles. The second kappa shape index (κ2) is 7.26. The van der Waals surface area contributed by atoms with Crippen molar-refractivity contribution in [1.82, 2.24) is 0 Å². The topological polar surface area (TPSA) is 78.7 Å². The third kappa shape index (κ3) is 5.01. The Hall–Kier alpha value is -1.39. The molecule has 0 N–H and O–H groups in total. The molecule has 0 saturated carbocycles. The van der Waals surface area contributed by atoms with Crippen LogP contribution in [0.3, 0.4) is 0 Å². The highest BCUT2D eigenvalue weighted by Crippen LogP contribution is 2.48. The highest BCUT2D eigenvalue weighted by Gasteiger charge is 2.23. The van der Waals surface area contributed by atoms with Gasteiger partial charge in [-0.2, -0.15) is 0 Å². The predicted molar refractivity (Wildman–Crippen MR) is 72.7 cm³/mol.